The first-order valence-corrected chi connectivity index (χ1v) is 8.23. The van der Waals surface area contributed by atoms with E-state index in [1.54, 1.807) is 0 Å². The van der Waals surface area contributed by atoms with E-state index in [0.717, 1.165) is 10.6 Å². The minimum Gasteiger partial charge on any atom is -0.369 e. The van der Waals surface area contributed by atoms with Gasteiger partial charge < -0.3 is 14.5 Å². The number of fused-ring (bicyclic) bond motifs is 1. The Hall–Kier alpha value is -1.67. The molecule has 0 aromatic heterocycles. The van der Waals surface area contributed by atoms with Crippen LogP contribution in [0.5, 0.6) is 0 Å². The third-order valence-electron chi connectivity index (χ3n) is 3.76. The molecule has 0 atom stereocenters. The Morgan fingerprint density at radius 2 is 2.09 bits per heavy atom. The van der Waals surface area contributed by atoms with Crippen molar-refractivity contribution in [2.45, 2.75) is 17.4 Å². The van der Waals surface area contributed by atoms with Gasteiger partial charge in [0.2, 0.25) is 11.8 Å². The topological polar surface area (TPSA) is 49.9 Å². The molecular weight excluding hydrogens is 326 g/mol. The Kier molecular flexibility index (Phi) is 4.82. The Labute approximate surface area is 136 Å². The maximum Gasteiger partial charge on any atom is 0.261 e. The smallest absolute Gasteiger partial charge is 0.261 e. The van der Waals surface area contributed by atoms with Crippen molar-refractivity contribution in [2.75, 3.05) is 36.9 Å². The van der Waals surface area contributed by atoms with Crippen LogP contribution in [0.4, 0.5) is 14.5 Å². The van der Waals surface area contributed by atoms with Crippen LogP contribution >= 0.6 is 11.8 Å². The lowest BCUT2D eigenvalue weighted by molar-refractivity contribution is -0.147. The summed E-state index contributed by atoms with van der Waals surface area (Å²) >= 11 is 1.46. The van der Waals surface area contributed by atoms with Gasteiger partial charge in [-0.1, -0.05) is 12.1 Å². The van der Waals surface area contributed by atoms with Gasteiger partial charge in [-0.05, 0) is 12.1 Å². The van der Waals surface area contributed by atoms with Crippen molar-refractivity contribution in [3.05, 3.63) is 24.3 Å². The van der Waals surface area contributed by atoms with Gasteiger partial charge in [0.25, 0.3) is 6.43 Å². The van der Waals surface area contributed by atoms with Crippen molar-refractivity contribution < 1.29 is 23.1 Å². The molecule has 5 nitrogen and oxygen atoms in total. The summed E-state index contributed by atoms with van der Waals surface area (Å²) in [6, 6.07) is 7.45. The minimum absolute atomic E-state index is 0.0298. The highest BCUT2D eigenvalue weighted by molar-refractivity contribution is 8.00. The molecule has 1 saturated heterocycles. The Morgan fingerprint density at radius 1 is 1.35 bits per heavy atom. The second-order valence-electron chi connectivity index (χ2n) is 5.38. The fourth-order valence-electron chi connectivity index (χ4n) is 2.52. The largest absolute Gasteiger partial charge is 0.369 e. The summed E-state index contributed by atoms with van der Waals surface area (Å²) in [6.45, 7) is -0.0478. The van der Waals surface area contributed by atoms with Gasteiger partial charge in [-0.25, -0.2) is 8.78 Å². The fraction of sp³-hybridized carbons (Fsp3) is 0.467. The number of ether oxygens (including phenoxy) is 1. The van der Waals surface area contributed by atoms with Crippen LogP contribution < -0.4 is 4.90 Å². The average molecular weight is 342 g/mol. The van der Waals surface area contributed by atoms with Crippen LogP contribution in [0.25, 0.3) is 0 Å². The summed E-state index contributed by atoms with van der Waals surface area (Å²) in [5.74, 6) is 0.00903. The molecule has 2 aliphatic heterocycles. The highest BCUT2D eigenvalue weighted by Crippen LogP contribution is 2.34. The number of halogens is 2. The Balaban J connectivity index is 1.56. The number of hydrogen-bond donors (Lipinski definition) is 0. The molecule has 1 fully saturated rings. The van der Waals surface area contributed by atoms with Crippen molar-refractivity contribution in [1.29, 1.82) is 0 Å². The number of anilines is 1. The summed E-state index contributed by atoms with van der Waals surface area (Å²) in [5, 5.41) is 0. The Bertz CT molecular complexity index is 608. The van der Waals surface area contributed by atoms with Gasteiger partial charge in [-0.15, -0.1) is 11.8 Å². The van der Waals surface area contributed by atoms with Gasteiger partial charge in [0, 0.05) is 18.0 Å². The van der Waals surface area contributed by atoms with Gasteiger partial charge in [-0.2, -0.15) is 0 Å². The molecule has 0 N–H and O–H groups in total. The molecular formula is C15H16F2N2O3S. The molecule has 0 saturated carbocycles. The lowest BCUT2D eigenvalue weighted by atomic mass is 10.1. The van der Waals surface area contributed by atoms with Crippen molar-refractivity contribution in [3.8, 4) is 0 Å². The highest BCUT2D eigenvalue weighted by Gasteiger charge is 2.34. The van der Waals surface area contributed by atoms with E-state index in [2.05, 4.69) is 0 Å². The molecule has 1 aromatic rings. The van der Waals surface area contributed by atoms with Crippen molar-refractivity contribution in [1.82, 2.24) is 4.90 Å². The molecule has 124 valence electrons. The molecule has 2 aliphatic rings. The predicted molar refractivity (Wildman–Crippen MR) is 81.8 cm³/mol. The van der Waals surface area contributed by atoms with Crippen LogP contribution in [0.1, 0.15) is 0 Å². The first-order valence-electron chi connectivity index (χ1n) is 7.24. The molecule has 2 heterocycles. The van der Waals surface area contributed by atoms with E-state index >= 15 is 0 Å². The maximum atomic E-state index is 12.3. The van der Waals surface area contributed by atoms with E-state index in [1.165, 1.54) is 21.6 Å². The maximum absolute atomic E-state index is 12.3. The SMILES string of the molecule is O=C(CN1C(=O)CSc2ccccc21)N1CC(OCC(F)F)C1. The second-order valence-corrected chi connectivity index (χ2v) is 6.40. The lowest BCUT2D eigenvalue weighted by Gasteiger charge is -2.40. The van der Waals surface area contributed by atoms with Crippen LogP contribution in [-0.2, 0) is 14.3 Å². The zero-order valence-electron chi connectivity index (χ0n) is 12.3. The first-order chi connectivity index (χ1) is 11.0. The van der Waals surface area contributed by atoms with E-state index in [4.69, 9.17) is 4.74 Å². The third kappa shape index (κ3) is 3.64. The molecule has 23 heavy (non-hydrogen) atoms. The highest BCUT2D eigenvalue weighted by atomic mass is 32.2. The van der Waals surface area contributed by atoms with Gasteiger partial charge in [0.15, 0.2) is 0 Å². The first kappa shape index (κ1) is 16.2. The molecule has 0 bridgehead atoms. The van der Waals surface area contributed by atoms with Gasteiger partial charge in [-0.3, -0.25) is 9.59 Å². The number of thioether (sulfide) groups is 1. The van der Waals surface area contributed by atoms with Gasteiger partial charge >= 0.3 is 0 Å². The Morgan fingerprint density at radius 3 is 2.83 bits per heavy atom. The number of hydrogen-bond acceptors (Lipinski definition) is 4. The van der Waals surface area contributed by atoms with Crippen LogP contribution in [0.2, 0.25) is 0 Å². The average Bonchev–Trinajstić information content (AvgIpc) is 2.48. The van der Waals surface area contributed by atoms with E-state index in [-0.39, 0.29) is 24.5 Å². The third-order valence-corrected chi connectivity index (χ3v) is 4.81. The van der Waals surface area contributed by atoms with Crippen molar-refractivity contribution in [3.63, 3.8) is 0 Å². The number of amides is 2. The molecule has 3 rings (SSSR count). The fourth-order valence-corrected chi connectivity index (χ4v) is 3.45. The van der Waals surface area contributed by atoms with Crippen LogP contribution in [0.3, 0.4) is 0 Å². The number of nitrogens with zero attached hydrogens (tertiary/aromatic N) is 2. The molecule has 8 heteroatoms. The van der Waals surface area contributed by atoms with Gasteiger partial charge in [0.05, 0.1) is 17.5 Å². The number of rotatable bonds is 5. The summed E-state index contributed by atoms with van der Waals surface area (Å²) in [6.07, 6.45) is -2.84. The van der Waals surface area contributed by atoms with Crippen LogP contribution in [0, 0.1) is 0 Å². The summed E-state index contributed by atoms with van der Waals surface area (Å²) in [7, 11) is 0. The molecule has 0 spiro atoms. The quantitative estimate of drug-likeness (QED) is 0.816. The van der Waals surface area contributed by atoms with E-state index in [9.17, 15) is 18.4 Å². The zero-order chi connectivity index (χ0) is 16.4. The predicted octanol–water partition coefficient (Wildman–Crippen LogP) is 1.62. The monoisotopic (exact) mass is 342 g/mol. The van der Waals surface area contributed by atoms with Crippen LogP contribution in [0.15, 0.2) is 29.2 Å². The zero-order valence-corrected chi connectivity index (χ0v) is 13.1. The summed E-state index contributed by atoms with van der Waals surface area (Å²) in [4.78, 5) is 28.3. The molecule has 0 radical (unpaired) electrons. The number of carbonyl (C=O) groups is 2. The van der Waals surface area contributed by atoms with E-state index in [0.29, 0.717) is 18.8 Å². The lowest BCUT2D eigenvalue weighted by Crippen LogP contribution is -2.58. The van der Waals surface area contributed by atoms with Crippen molar-refractivity contribution in [2.24, 2.45) is 0 Å². The number of benzene rings is 1. The normalized spacial score (nSPS) is 18.1. The molecule has 1 aromatic carbocycles. The second kappa shape index (κ2) is 6.84. The van der Waals surface area contributed by atoms with Crippen molar-refractivity contribution >= 4 is 29.3 Å². The molecule has 0 aliphatic carbocycles. The number of likely N-dealkylation sites (tertiary alicyclic amines) is 1. The van der Waals surface area contributed by atoms with E-state index < -0.39 is 13.0 Å². The summed E-state index contributed by atoms with van der Waals surface area (Å²) in [5.41, 5.74) is 0.744. The number of alkyl halides is 2. The molecule has 2 amide bonds. The number of para-hydroxylation sites is 1. The molecule has 0 unspecified atom stereocenters. The minimum atomic E-state index is -2.50. The summed E-state index contributed by atoms with van der Waals surface area (Å²) < 4.78 is 29.1. The standard InChI is InChI=1S/C15H16F2N2O3S/c16-13(17)8-22-10-5-18(6-10)14(20)7-19-11-3-1-2-4-12(11)23-9-15(19)21/h1-4,10,13H,5-9H2. The van der Waals surface area contributed by atoms with Gasteiger partial charge in [0.1, 0.15) is 13.2 Å². The van der Waals surface area contributed by atoms with Crippen LogP contribution in [-0.4, -0.2) is 61.2 Å². The number of carbonyl (C=O) groups excluding carboxylic acids is 2. The van der Waals surface area contributed by atoms with E-state index in [1.807, 2.05) is 24.3 Å².